The Morgan fingerprint density at radius 3 is 1.48 bits per heavy atom. The molecule has 0 amide bonds. The number of unbranched alkanes of at least 4 members (excludes halogenated alkanes) is 14. The molecule has 7 heteroatoms. The molecule has 0 saturated heterocycles. The summed E-state index contributed by atoms with van der Waals surface area (Å²) in [7, 11) is 0. The summed E-state index contributed by atoms with van der Waals surface area (Å²) in [5.41, 5.74) is 0. The second kappa shape index (κ2) is 23.0. The maximum absolute atomic E-state index is 11.7. The zero-order valence-corrected chi connectivity index (χ0v) is 22.4. The molecule has 0 fully saturated rings. The number of rotatable bonds is 19. The van der Waals surface area contributed by atoms with Gasteiger partial charge in [0.25, 0.3) is 0 Å². The van der Waals surface area contributed by atoms with E-state index < -0.39 is 30.1 Å². The largest absolute Gasteiger partial charge is 2.00 e. The molecule has 180 valence electrons. The van der Waals surface area contributed by atoms with Crippen LogP contribution in [0, 0.1) is 0 Å². The topological polar surface area (TPSA) is 89.9 Å². The minimum absolute atomic E-state index is 0. The van der Waals surface area contributed by atoms with E-state index in [0.29, 0.717) is 6.42 Å². The summed E-state index contributed by atoms with van der Waals surface area (Å²) in [6.07, 6.45) is 16.3. The van der Waals surface area contributed by atoms with Gasteiger partial charge in [-0.05, 0) is 20.3 Å². The minimum atomic E-state index is -1.32. The number of esters is 3. The Bertz CT molecular complexity index is 478. The third-order valence-electron chi connectivity index (χ3n) is 5.16. The molecule has 0 radical (unpaired) electrons. The molecular weight excluding hydrogens is 424 g/mol. The van der Waals surface area contributed by atoms with Gasteiger partial charge < -0.3 is 17.4 Å². The predicted octanol–water partition coefficient (Wildman–Crippen LogP) is 5.47. The van der Waals surface area contributed by atoms with E-state index in [0.717, 1.165) is 12.8 Å². The van der Waals surface area contributed by atoms with Crippen molar-refractivity contribution >= 4 is 55.6 Å². The number of carbonyl (C=O) groups is 3. The second-order valence-corrected chi connectivity index (χ2v) is 8.25. The van der Waals surface area contributed by atoms with Crippen LogP contribution in [0.4, 0.5) is 0 Å². The van der Waals surface area contributed by atoms with Gasteiger partial charge in [0.15, 0.2) is 6.10 Å². The van der Waals surface area contributed by atoms with Gasteiger partial charge >= 0.3 is 55.6 Å². The molecular formula is C24H46CaO6. The van der Waals surface area contributed by atoms with Crippen LogP contribution in [0.3, 0.4) is 0 Å². The normalized spacial score (nSPS) is 12.5. The molecule has 0 aliphatic carbocycles. The van der Waals surface area contributed by atoms with Gasteiger partial charge in [0.1, 0.15) is 6.10 Å². The van der Waals surface area contributed by atoms with Crippen LogP contribution in [0.15, 0.2) is 0 Å². The number of ether oxygens (including phenoxy) is 2. The van der Waals surface area contributed by atoms with Crippen molar-refractivity contribution in [1.82, 2.24) is 0 Å². The van der Waals surface area contributed by atoms with E-state index in [-0.39, 0.29) is 47.0 Å². The van der Waals surface area contributed by atoms with Crippen LogP contribution in [0.5, 0.6) is 0 Å². The molecule has 0 aliphatic rings. The Morgan fingerprint density at radius 1 is 0.710 bits per heavy atom. The van der Waals surface area contributed by atoms with Crippen LogP contribution in [-0.2, 0) is 23.9 Å². The summed E-state index contributed by atoms with van der Waals surface area (Å²) in [5.74, 6) is -2.43. The van der Waals surface area contributed by atoms with Gasteiger partial charge in [0.2, 0.25) is 0 Å². The summed E-state index contributed by atoms with van der Waals surface area (Å²) in [4.78, 5) is 34.6. The molecule has 0 aliphatic heterocycles. The van der Waals surface area contributed by atoms with Gasteiger partial charge in [-0.1, -0.05) is 96.8 Å². The van der Waals surface area contributed by atoms with E-state index in [1.165, 1.54) is 90.9 Å². The summed E-state index contributed by atoms with van der Waals surface area (Å²) in [6.45, 7) is 4.80. The molecule has 0 spiro atoms. The van der Waals surface area contributed by atoms with Crippen molar-refractivity contribution in [3.63, 3.8) is 0 Å². The summed E-state index contributed by atoms with van der Waals surface area (Å²) < 4.78 is 9.37. The maximum Gasteiger partial charge on any atom is 2.00 e. The van der Waals surface area contributed by atoms with Crippen molar-refractivity contribution in [3.05, 3.63) is 0 Å². The summed E-state index contributed by atoms with van der Waals surface area (Å²) >= 11 is 0. The minimum Gasteiger partial charge on any atom is -1.00 e. The van der Waals surface area contributed by atoms with Gasteiger partial charge in [-0.3, -0.25) is 4.79 Å². The molecule has 31 heavy (non-hydrogen) atoms. The van der Waals surface area contributed by atoms with Gasteiger partial charge in [0.05, 0.1) is 0 Å². The van der Waals surface area contributed by atoms with E-state index in [2.05, 4.69) is 16.4 Å². The first-order valence-corrected chi connectivity index (χ1v) is 12.0. The first-order chi connectivity index (χ1) is 14.4. The van der Waals surface area contributed by atoms with E-state index >= 15 is 0 Å². The Balaban J connectivity index is -0.00000140. The van der Waals surface area contributed by atoms with Crippen LogP contribution in [-0.4, -0.2) is 73.0 Å². The van der Waals surface area contributed by atoms with Crippen LogP contribution in [0.2, 0.25) is 0 Å². The fourth-order valence-electron chi connectivity index (χ4n) is 3.21. The van der Waals surface area contributed by atoms with Crippen molar-refractivity contribution < 1.29 is 31.8 Å². The molecule has 0 aromatic rings. The Hall–Kier alpha value is -0.170. The molecule has 2 atom stereocenters. The first kappa shape index (κ1) is 33.0. The molecule has 0 rings (SSSR count). The standard InChI is InChI=1S/C24H44O6.Ca.2H/c1-4-5-6-7-8-9-10-11-12-13-14-15-16-17-18-19-22(26)30-24(28)21(3)29-23(27)20(2)25;;;/h20-21,25H,4-19H2,1-3H3;;;/q;+2;2*-1. The number of hydrogen-bond acceptors (Lipinski definition) is 6. The van der Waals surface area contributed by atoms with Crippen LogP contribution in [0.1, 0.15) is 126 Å². The summed E-state index contributed by atoms with van der Waals surface area (Å²) in [6, 6.07) is 0. The molecule has 0 aromatic heterocycles. The third-order valence-corrected chi connectivity index (χ3v) is 5.16. The zero-order chi connectivity index (χ0) is 22.6. The number of aliphatic hydroxyl groups is 1. The van der Waals surface area contributed by atoms with E-state index in [1.807, 2.05) is 0 Å². The van der Waals surface area contributed by atoms with Crippen molar-refractivity contribution in [1.29, 1.82) is 0 Å². The molecule has 1 N–H and O–H groups in total. The molecule has 0 aromatic carbocycles. The Labute approximate surface area is 222 Å². The first-order valence-electron chi connectivity index (χ1n) is 12.0. The van der Waals surface area contributed by atoms with Crippen LogP contribution in [0.25, 0.3) is 0 Å². The molecule has 0 saturated carbocycles. The van der Waals surface area contributed by atoms with Crippen molar-refractivity contribution in [2.75, 3.05) is 0 Å². The van der Waals surface area contributed by atoms with Crippen molar-refractivity contribution in [2.24, 2.45) is 0 Å². The average molecular weight is 471 g/mol. The monoisotopic (exact) mass is 470 g/mol. The average Bonchev–Trinajstić information content (AvgIpc) is 2.70. The number of carbonyl (C=O) groups excluding carboxylic acids is 3. The third kappa shape index (κ3) is 21.4. The molecule has 0 bridgehead atoms. The maximum atomic E-state index is 11.7. The van der Waals surface area contributed by atoms with E-state index in [9.17, 15) is 14.4 Å². The van der Waals surface area contributed by atoms with Crippen molar-refractivity contribution in [3.8, 4) is 0 Å². The number of hydrogen-bond donors (Lipinski definition) is 1. The zero-order valence-electron chi connectivity index (χ0n) is 22.2. The predicted molar refractivity (Wildman–Crippen MR) is 126 cm³/mol. The van der Waals surface area contributed by atoms with Crippen LogP contribution < -0.4 is 0 Å². The Morgan fingerprint density at radius 2 is 1.10 bits per heavy atom. The summed E-state index contributed by atoms with van der Waals surface area (Å²) in [5, 5.41) is 9.04. The van der Waals surface area contributed by atoms with Gasteiger partial charge in [0, 0.05) is 6.42 Å². The van der Waals surface area contributed by atoms with Crippen molar-refractivity contribution in [2.45, 2.75) is 136 Å². The fraction of sp³-hybridized carbons (Fsp3) is 0.875. The smallest absolute Gasteiger partial charge is 1.00 e. The van der Waals surface area contributed by atoms with E-state index in [4.69, 9.17) is 5.11 Å². The van der Waals surface area contributed by atoms with Gasteiger partial charge in [-0.25, -0.2) is 9.59 Å². The Kier molecular flexibility index (Phi) is 24.5. The quantitative estimate of drug-likeness (QED) is 0.116. The second-order valence-electron chi connectivity index (χ2n) is 8.25. The molecule has 6 nitrogen and oxygen atoms in total. The van der Waals surface area contributed by atoms with E-state index in [1.54, 1.807) is 0 Å². The molecule has 0 heterocycles. The van der Waals surface area contributed by atoms with Gasteiger partial charge in [-0.15, -0.1) is 0 Å². The van der Waals surface area contributed by atoms with Gasteiger partial charge in [-0.2, -0.15) is 0 Å². The number of aliphatic hydroxyl groups excluding tert-OH is 1. The fourth-order valence-corrected chi connectivity index (χ4v) is 3.21. The SMILES string of the molecule is CCCCCCCCCCCCCCCCCC(=O)OC(=O)C(C)OC(=O)C(C)O.[Ca+2].[H-].[H-]. The van der Waals surface area contributed by atoms with Crippen LogP contribution >= 0.6 is 0 Å². The molecule has 2 unspecified atom stereocenters.